The van der Waals surface area contributed by atoms with Gasteiger partial charge in [-0.05, 0) is 0 Å². The van der Waals surface area contributed by atoms with Crippen LogP contribution in [0.1, 0.15) is 126 Å². The summed E-state index contributed by atoms with van der Waals surface area (Å²) in [4.78, 5) is 0. The first-order valence-corrected chi connectivity index (χ1v) is 20.6. The van der Waals surface area contributed by atoms with Gasteiger partial charge in [-0.3, -0.25) is 0 Å². The molecule has 0 N–H and O–H groups in total. The van der Waals surface area contributed by atoms with Crippen LogP contribution in [0.15, 0.2) is 75.2 Å². The van der Waals surface area contributed by atoms with Crippen molar-refractivity contribution in [2.45, 2.75) is 138 Å². The van der Waals surface area contributed by atoms with Gasteiger partial charge in [-0.2, -0.15) is 0 Å². The first-order chi connectivity index (χ1) is 21.4. The molecule has 48 heavy (non-hydrogen) atoms. The average Bonchev–Trinajstić information content (AvgIpc) is 3.13. The molecule has 1 aliphatic rings. The first-order valence-electron chi connectivity index (χ1n) is 17.8. The van der Waals surface area contributed by atoms with E-state index in [1.807, 2.05) is 0 Å². The smallest absolute Gasteiger partial charge is 1.00 e. The summed E-state index contributed by atoms with van der Waals surface area (Å²) in [6.07, 6.45) is 12.8. The summed E-state index contributed by atoms with van der Waals surface area (Å²) in [5, 5.41) is 4.66. The van der Waals surface area contributed by atoms with Crippen molar-refractivity contribution in [1.29, 1.82) is 0 Å². The number of hydrogen-bond acceptors (Lipinski definition) is 0. The Morgan fingerprint density at radius 1 is 0.500 bits per heavy atom. The minimum Gasteiger partial charge on any atom is -1.00 e. The molecule has 0 aliphatic heterocycles. The van der Waals surface area contributed by atoms with E-state index in [1.165, 1.54) is 97.6 Å². The second kappa shape index (κ2) is 19.5. The molecule has 0 fully saturated rings. The molecule has 260 valence electrons. The number of hydrogen-bond donors (Lipinski definition) is 0. The van der Waals surface area contributed by atoms with E-state index >= 15 is 0 Å². The van der Waals surface area contributed by atoms with Gasteiger partial charge in [-0.15, -0.1) is 0 Å². The standard InChI is InChI=1S/C43H59Si.3ClH.Ti/c1-11-13-15-17-19-38-27-39(20-18-16-14-12-2)29-42(28-38)44(40-23-31(3)21-32(4)24-40,41-25-33(5)22-34(6)26-41)43(10)30-35(7)36(8)37(43)9;;;;/h21-29H,11-20H2,1-10H3;3*1H;/q;;;;+3/p-3. The van der Waals surface area contributed by atoms with Gasteiger partial charge in [0.1, 0.15) is 0 Å². The van der Waals surface area contributed by atoms with Crippen molar-refractivity contribution in [2.75, 3.05) is 0 Å². The number of unbranched alkanes of at least 4 members (excludes halogenated alkanes) is 6. The van der Waals surface area contributed by atoms with Crippen molar-refractivity contribution >= 4 is 23.6 Å². The zero-order valence-electron chi connectivity index (χ0n) is 31.4. The largest absolute Gasteiger partial charge is 1.00 e. The molecule has 0 heterocycles. The molecule has 4 rings (SSSR count). The second-order valence-corrected chi connectivity index (χ2v) is 19.6. The fraction of sp³-hybridized carbons (Fsp3) is 0.488. The molecule has 1 atom stereocenters. The van der Waals surface area contributed by atoms with Gasteiger partial charge >= 0.3 is 291 Å². The van der Waals surface area contributed by atoms with Crippen LogP contribution in [0.3, 0.4) is 0 Å². The Balaban J connectivity index is 0.00000384. The van der Waals surface area contributed by atoms with Gasteiger partial charge in [-0.25, -0.2) is 0 Å². The van der Waals surface area contributed by atoms with Gasteiger partial charge in [0.2, 0.25) is 0 Å². The predicted molar refractivity (Wildman–Crippen MR) is 198 cm³/mol. The topological polar surface area (TPSA) is 0 Å². The van der Waals surface area contributed by atoms with E-state index in [2.05, 4.69) is 144 Å². The Labute approximate surface area is 326 Å². The van der Waals surface area contributed by atoms with E-state index in [1.54, 1.807) is 36.1 Å². The quantitative estimate of drug-likeness (QED) is 0.133. The third-order valence-corrected chi connectivity index (χ3v) is 18.3. The molecule has 0 nitrogen and oxygen atoms in total. The zero-order chi connectivity index (χ0) is 32.9. The molecule has 0 amide bonds. The summed E-state index contributed by atoms with van der Waals surface area (Å²) in [5.41, 5.74) is 13.2. The molecule has 0 saturated heterocycles. The molecule has 1 unspecified atom stereocenters. The summed E-state index contributed by atoms with van der Waals surface area (Å²) in [5.74, 6) is 0. The van der Waals surface area contributed by atoms with Gasteiger partial charge < -0.3 is 37.2 Å². The number of halogens is 3. The van der Waals surface area contributed by atoms with Gasteiger partial charge in [0.15, 0.2) is 0 Å². The van der Waals surface area contributed by atoms with Crippen LogP contribution in [0.2, 0.25) is 5.04 Å². The van der Waals surface area contributed by atoms with Crippen LogP contribution in [0.4, 0.5) is 0 Å². The minimum absolute atomic E-state index is 0. The van der Waals surface area contributed by atoms with E-state index in [0.717, 1.165) is 0 Å². The monoisotopic (exact) mass is 756 g/mol. The molecule has 0 bridgehead atoms. The van der Waals surface area contributed by atoms with E-state index in [-0.39, 0.29) is 42.3 Å². The summed E-state index contributed by atoms with van der Waals surface area (Å²) >= 11 is 2.46. The Morgan fingerprint density at radius 3 is 1.21 bits per heavy atom. The van der Waals surface area contributed by atoms with Gasteiger partial charge in [0, 0.05) is 0 Å². The Hall–Kier alpha value is -1.06. The molecule has 0 radical (unpaired) electrons. The summed E-state index contributed by atoms with van der Waals surface area (Å²) in [6, 6.07) is 23.0. The van der Waals surface area contributed by atoms with Crippen LogP contribution >= 0.6 is 0 Å². The maximum Gasteiger partial charge on any atom is -1.00 e. The fourth-order valence-corrected chi connectivity index (χ4v) is 16.5. The predicted octanol–water partition coefficient (Wildman–Crippen LogP) is 1.58. The van der Waals surface area contributed by atoms with Crippen molar-refractivity contribution in [3.8, 4) is 0 Å². The van der Waals surface area contributed by atoms with Crippen LogP contribution in [-0.2, 0) is 33.3 Å². The van der Waals surface area contributed by atoms with Gasteiger partial charge in [0.05, 0.1) is 0 Å². The summed E-state index contributed by atoms with van der Waals surface area (Å²) in [7, 11) is -2.74. The SMILES string of the molecule is CCCCCCc1cc(CCCCCC)cc([Si](c2cc(C)cc(C)c2)(c2cc(C)cc(C)c2)C2(C)C(C)=C(C)C(C)=[C]2[Ti+3])c1.[Cl-].[Cl-].[Cl-]. The molecule has 1 aliphatic carbocycles. The number of benzene rings is 3. The van der Waals surface area contributed by atoms with Crippen molar-refractivity contribution in [3.63, 3.8) is 0 Å². The number of rotatable bonds is 14. The van der Waals surface area contributed by atoms with Crippen molar-refractivity contribution < 1.29 is 57.7 Å². The third-order valence-electron chi connectivity index (χ3n) is 10.9. The van der Waals surface area contributed by atoms with Crippen LogP contribution < -0.4 is 52.8 Å². The number of allylic oxidation sites excluding steroid dienone is 4. The van der Waals surface area contributed by atoms with E-state index in [4.69, 9.17) is 0 Å². The van der Waals surface area contributed by atoms with Crippen molar-refractivity contribution in [2.24, 2.45) is 0 Å². The first kappa shape index (κ1) is 45.0. The normalized spacial score (nSPS) is 16.1. The molecule has 3 aromatic rings. The van der Waals surface area contributed by atoms with Gasteiger partial charge in [-0.1, -0.05) is 0 Å². The van der Waals surface area contributed by atoms with Crippen LogP contribution in [0.5, 0.6) is 0 Å². The third kappa shape index (κ3) is 9.05. The zero-order valence-corrected chi connectivity index (χ0v) is 36.2. The summed E-state index contributed by atoms with van der Waals surface area (Å²) < 4.78 is 1.57. The molecule has 3 aromatic carbocycles. The summed E-state index contributed by atoms with van der Waals surface area (Å²) in [6.45, 7) is 23.7. The molecule has 0 saturated carbocycles. The molecular weight excluding hydrogens is 699 g/mol. The molecule has 5 heteroatoms. The maximum atomic E-state index is 2.69. The fourth-order valence-electron chi connectivity index (χ4n) is 8.40. The average molecular weight is 758 g/mol. The van der Waals surface area contributed by atoms with Crippen LogP contribution in [-0.4, -0.2) is 8.07 Å². The Bertz CT molecular complexity index is 1440. The van der Waals surface area contributed by atoms with Gasteiger partial charge in [0.25, 0.3) is 0 Å². The Morgan fingerprint density at radius 2 is 0.875 bits per heavy atom. The minimum atomic E-state index is -2.74. The molecule has 0 aromatic heterocycles. The Kier molecular flexibility index (Phi) is 18.3. The van der Waals surface area contributed by atoms with E-state index in [9.17, 15) is 0 Å². The van der Waals surface area contributed by atoms with E-state index < -0.39 is 8.07 Å². The molecule has 0 spiro atoms. The number of aryl methyl sites for hydroxylation is 6. The second-order valence-electron chi connectivity index (χ2n) is 14.5. The van der Waals surface area contributed by atoms with Crippen molar-refractivity contribution in [1.82, 2.24) is 0 Å². The van der Waals surface area contributed by atoms with Crippen LogP contribution in [0.25, 0.3) is 0 Å². The molecular formula is C43H59Cl3SiTi. The maximum absolute atomic E-state index is 2.74. The van der Waals surface area contributed by atoms with E-state index in [0.29, 0.717) is 0 Å². The van der Waals surface area contributed by atoms with Crippen molar-refractivity contribution in [3.05, 3.63) is 109 Å². The van der Waals surface area contributed by atoms with Crippen LogP contribution in [0, 0.1) is 27.7 Å².